The molecule has 4 nitrogen and oxygen atoms in total. The second-order valence-corrected chi connectivity index (χ2v) is 3.23. The topological polar surface area (TPSA) is 51.2 Å². The number of anilines is 1. The van der Waals surface area contributed by atoms with Gasteiger partial charge in [0.15, 0.2) is 16.3 Å². The summed E-state index contributed by atoms with van der Waals surface area (Å²) in [6.45, 7) is 0. The lowest BCUT2D eigenvalue weighted by Gasteiger charge is -2.02. The van der Waals surface area contributed by atoms with E-state index < -0.39 is 6.09 Å². The molecule has 1 N–H and O–H groups in total. The van der Waals surface area contributed by atoms with Crippen LogP contribution in [-0.4, -0.2) is 11.1 Å². The monoisotopic (exact) mass is 266 g/mol. The lowest BCUT2D eigenvalue weighted by Crippen LogP contribution is -2.08. The molecule has 0 saturated carbocycles. The molecule has 0 spiro atoms. The minimum Gasteiger partial charge on any atom is -0.367 e. The first-order valence-corrected chi connectivity index (χ1v) is 4.89. The van der Waals surface area contributed by atoms with Gasteiger partial charge in [-0.15, -0.1) is 0 Å². The first-order valence-electron chi connectivity index (χ1n) is 4.24. The number of halogens is 1. The van der Waals surface area contributed by atoms with Crippen molar-refractivity contribution in [3.8, 4) is 0 Å². The van der Waals surface area contributed by atoms with Gasteiger partial charge in [0.05, 0.1) is 17.4 Å². The molecule has 2 rings (SSSR count). The molecule has 1 amide bonds. The van der Waals surface area contributed by atoms with E-state index in [1.807, 2.05) is 30.3 Å². The van der Waals surface area contributed by atoms with Crippen molar-refractivity contribution in [2.45, 2.75) is 0 Å². The maximum absolute atomic E-state index is 10.9. The highest BCUT2D eigenvalue weighted by Crippen LogP contribution is 2.16. The fourth-order valence-electron chi connectivity index (χ4n) is 1.28. The molecule has 5 heteroatoms. The minimum absolute atomic E-state index is 0.577. The summed E-state index contributed by atoms with van der Waals surface area (Å²) in [5, 5.41) is 3.48. The molecule has 0 aliphatic carbocycles. The predicted molar refractivity (Wildman–Crippen MR) is 60.8 cm³/mol. The Balaban J connectivity index is 2.34. The van der Waals surface area contributed by atoms with E-state index in [0.29, 0.717) is 5.69 Å². The molecule has 2 aromatic rings. The zero-order valence-corrected chi connectivity index (χ0v) is 9.19. The first kappa shape index (κ1) is 9.92. The summed E-state index contributed by atoms with van der Waals surface area (Å²) in [7, 11) is 0. The van der Waals surface area contributed by atoms with Gasteiger partial charge in [-0.05, 0) is 12.1 Å². The summed E-state index contributed by atoms with van der Waals surface area (Å²) in [5.74, 6) is 0. The van der Waals surface area contributed by atoms with Gasteiger partial charge in [0, 0.05) is 5.39 Å². The lowest BCUT2D eigenvalue weighted by molar-refractivity contribution is 0.225. The number of hydrogen-bond donors (Lipinski definition) is 1. The van der Waals surface area contributed by atoms with Crippen LogP contribution in [0.3, 0.4) is 0 Å². The molecule has 0 atom stereocenters. The molecule has 1 aromatic heterocycles. The number of benzene rings is 1. The molecule has 0 radical (unpaired) electrons. The number of hydrogen-bond acceptors (Lipinski definition) is 3. The van der Waals surface area contributed by atoms with Crippen LogP contribution in [0.1, 0.15) is 0 Å². The Kier molecular flexibility index (Phi) is 2.82. The smallest absolute Gasteiger partial charge is 0.367 e. The van der Waals surface area contributed by atoms with Gasteiger partial charge in [-0.25, -0.2) is 4.79 Å². The maximum Gasteiger partial charge on any atom is 0.423 e. The van der Waals surface area contributed by atoms with Crippen LogP contribution in [0.4, 0.5) is 10.5 Å². The summed E-state index contributed by atoms with van der Waals surface area (Å²) in [6.07, 6.45) is 0.999. The first-order chi connectivity index (χ1) is 7.29. The Hall–Kier alpha value is -1.62. The van der Waals surface area contributed by atoms with E-state index in [1.165, 1.54) is 0 Å². The van der Waals surface area contributed by atoms with Crippen LogP contribution in [0.25, 0.3) is 10.9 Å². The van der Waals surface area contributed by atoms with E-state index in [1.54, 1.807) is 6.20 Å². The van der Waals surface area contributed by atoms with Crippen LogP contribution in [-0.2, 0) is 3.83 Å². The summed E-state index contributed by atoms with van der Waals surface area (Å²) >= 11 is 2.59. The maximum atomic E-state index is 10.9. The fraction of sp³-hybridized carbons (Fsp3) is 0. The second kappa shape index (κ2) is 4.27. The standard InChI is InChI=1S/C10H7BrN2O2/c11-15-10(14)13-8-5-7-3-1-2-4-9(7)12-6-8/h1-6H,(H,13,14). The molecule has 1 heterocycles. The van der Waals surface area contributed by atoms with Gasteiger partial charge in [0.1, 0.15) is 0 Å². The van der Waals surface area contributed by atoms with E-state index in [4.69, 9.17) is 0 Å². The zero-order valence-electron chi connectivity index (χ0n) is 7.61. The van der Waals surface area contributed by atoms with Gasteiger partial charge in [-0.2, -0.15) is 0 Å². The zero-order chi connectivity index (χ0) is 10.7. The molecule has 0 aliphatic rings. The lowest BCUT2D eigenvalue weighted by atomic mass is 10.2. The Bertz CT molecular complexity index is 502. The number of pyridine rings is 1. The molecular formula is C10H7BrN2O2. The van der Waals surface area contributed by atoms with Crippen molar-refractivity contribution in [3.05, 3.63) is 36.5 Å². The fourth-order valence-corrected chi connectivity index (χ4v) is 1.36. The molecule has 15 heavy (non-hydrogen) atoms. The average Bonchev–Trinajstić information content (AvgIpc) is 2.29. The minimum atomic E-state index is -0.577. The molecular weight excluding hydrogens is 260 g/mol. The van der Waals surface area contributed by atoms with Crippen molar-refractivity contribution >= 4 is 38.9 Å². The SMILES string of the molecule is O=C(Nc1cnc2ccccc2c1)OBr. The quantitative estimate of drug-likeness (QED) is 0.863. The summed E-state index contributed by atoms with van der Waals surface area (Å²) in [5.41, 5.74) is 1.48. The second-order valence-electron chi connectivity index (χ2n) is 2.91. The van der Waals surface area contributed by atoms with Crippen molar-refractivity contribution in [1.29, 1.82) is 0 Å². The van der Waals surface area contributed by atoms with Crippen molar-refractivity contribution < 1.29 is 8.62 Å². The molecule has 0 unspecified atom stereocenters. The number of carbonyl (C=O) groups excluding carboxylic acids is 1. The highest BCUT2D eigenvalue weighted by Gasteiger charge is 2.02. The third kappa shape index (κ3) is 2.24. The molecule has 0 bridgehead atoms. The van der Waals surface area contributed by atoms with E-state index in [2.05, 4.69) is 30.4 Å². The Morgan fingerprint density at radius 1 is 1.40 bits per heavy atom. The highest BCUT2D eigenvalue weighted by atomic mass is 79.9. The van der Waals surface area contributed by atoms with Gasteiger partial charge < -0.3 is 3.83 Å². The van der Waals surface area contributed by atoms with Crippen LogP contribution in [0.15, 0.2) is 36.5 Å². The Labute approximate surface area is 94.7 Å². The number of rotatable bonds is 1. The molecule has 0 aliphatic heterocycles. The highest BCUT2D eigenvalue weighted by molar-refractivity contribution is 9.06. The van der Waals surface area contributed by atoms with Crippen molar-refractivity contribution in [2.75, 3.05) is 5.32 Å². The van der Waals surface area contributed by atoms with Gasteiger partial charge in [-0.3, -0.25) is 10.3 Å². The van der Waals surface area contributed by atoms with Gasteiger partial charge in [-0.1, -0.05) is 18.2 Å². The Morgan fingerprint density at radius 2 is 2.20 bits per heavy atom. The number of carbonyl (C=O) groups is 1. The van der Waals surface area contributed by atoms with Crippen LogP contribution >= 0.6 is 16.3 Å². The summed E-state index contributed by atoms with van der Waals surface area (Å²) in [4.78, 5) is 15.1. The van der Waals surface area contributed by atoms with E-state index in [9.17, 15) is 4.79 Å². The normalized spacial score (nSPS) is 9.93. The molecule has 0 fully saturated rings. The van der Waals surface area contributed by atoms with Crippen LogP contribution < -0.4 is 5.32 Å². The van der Waals surface area contributed by atoms with Crippen LogP contribution in [0, 0.1) is 0 Å². The summed E-state index contributed by atoms with van der Waals surface area (Å²) < 4.78 is 4.30. The third-order valence-corrected chi connectivity index (χ3v) is 2.20. The third-order valence-electron chi connectivity index (χ3n) is 1.91. The Morgan fingerprint density at radius 3 is 3.00 bits per heavy atom. The van der Waals surface area contributed by atoms with E-state index in [-0.39, 0.29) is 0 Å². The number of aromatic nitrogens is 1. The van der Waals surface area contributed by atoms with Crippen molar-refractivity contribution in [2.24, 2.45) is 0 Å². The van der Waals surface area contributed by atoms with E-state index in [0.717, 1.165) is 10.9 Å². The largest absolute Gasteiger partial charge is 0.423 e. The van der Waals surface area contributed by atoms with Crippen molar-refractivity contribution in [1.82, 2.24) is 4.98 Å². The predicted octanol–water partition coefficient (Wildman–Crippen LogP) is 3.09. The van der Waals surface area contributed by atoms with Gasteiger partial charge in [0.2, 0.25) is 0 Å². The molecule has 76 valence electrons. The number of nitrogens with zero attached hydrogens (tertiary/aromatic N) is 1. The number of fused-ring (bicyclic) bond motifs is 1. The summed E-state index contributed by atoms with van der Waals surface area (Å²) in [6, 6.07) is 9.48. The van der Waals surface area contributed by atoms with Gasteiger partial charge in [0.25, 0.3) is 0 Å². The number of amides is 1. The average molecular weight is 267 g/mol. The van der Waals surface area contributed by atoms with Gasteiger partial charge >= 0.3 is 6.09 Å². The molecule has 0 saturated heterocycles. The van der Waals surface area contributed by atoms with Crippen molar-refractivity contribution in [3.63, 3.8) is 0 Å². The number of para-hydroxylation sites is 1. The number of nitrogens with one attached hydrogen (secondary N) is 1. The van der Waals surface area contributed by atoms with Crippen LogP contribution in [0.2, 0.25) is 0 Å². The van der Waals surface area contributed by atoms with E-state index >= 15 is 0 Å². The molecule has 1 aromatic carbocycles. The van der Waals surface area contributed by atoms with Crippen LogP contribution in [0.5, 0.6) is 0 Å².